The average Bonchev–Trinajstić information content (AvgIpc) is 3.16. The number of piperidine rings is 2. The standard InChI is InChI=1S/C20H29N11/c21-12-5-13(22)8-29(7-12)18-26-19(30-9-14(23)6-15(24)10-30)28-20(27-18)31-11-25-16-3-1-2-4-17(16)31/h1-4,11-15H,5-10,21-24H2/t12-,13+,14-,15+. The van der Waals surface area contributed by atoms with Crippen molar-refractivity contribution in [3.63, 3.8) is 0 Å². The van der Waals surface area contributed by atoms with E-state index in [1.54, 1.807) is 6.33 Å². The Balaban J connectivity index is 1.60. The number of imidazole rings is 1. The number of nitrogens with zero attached hydrogens (tertiary/aromatic N) is 7. The molecule has 0 radical (unpaired) electrons. The van der Waals surface area contributed by atoms with Crippen molar-refractivity contribution >= 4 is 22.9 Å². The van der Waals surface area contributed by atoms with Gasteiger partial charge >= 0.3 is 0 Å². The van der Waals surface area contributed by atoms with Gasteiger partial charge < -0.3 is 32.7 Å². The van der Waals surface area contributed by atoms with E-state index in [4.69, 9.17) is 37.9 Å². The van der Waals surface area contributed by atoms with Gasteiger partial charge in [-0.25, -0.2) is 4.98 Å². The van der Waals surface area contributed by atoms with Crippen molar-refractivity contribution in [1.82, 2.24) is 24.5 Å². The lowest BCUT2D eigenvalue weighted by molar-refractivity contribution is 0.440. The van der Waals surface area contributed by atoms with Crippen LogP contribution in [0.25, 0.3) is 17.0 Å². The molecule has 0 spiro atoms. The molecule has 2 aliphatic rings. The summed E-state index contributed by atoms with van der Waals surface area (Å²) in [6.45, 7) is 2.56. The van der Waals surface area contributed by atoms with E-state index >= 15 is 0 Å². The number of anilines is 2. The van der Waals surface area contributed by atoms with Gasteiger partial charge in [0.15, 0.2) is 0 Å². The minimum Gasteiger partial charge on any atom is -0.338 e. The Kier molecular flexibility index (Phi) is 5.18. The molecule has 4 atom stereocenters. The predicted octanol–water partition coefficient (Wildman–Crippen LogP) is -1.06. The fraction of sp³-hybridized carbons (Fsp3) is 0.500. The third-order valence-electron chi connectivity index (χ3n) is 5.87. The zero-order valence-corrected chi connectivity index (χ0v) is 17.4. The number of para-hydroxylation sites is 2. The van der Waals surface area contributed by atoms with E-state index in [1.165, 1.54) is 0 Å². The van der Waals surface area contributed by atoms with Gasteiger partial charge in [-0.2, -0.15) is 15.0 Å². The summed E-state index contributed by atoms with van der Waals surface area (Å²) < 4.78 is 1.87. The molecule has 0 aliphatic carbocycles. The van der Waals surface area contributed by atoms with Crippen molar-refractivity contribution in [3.8, 4) is 5.95 Å². The third-order valence-corrected chi connectivity index (χ3v) is 5.87. The van der Waals surface area contributed by atoms with Crippen LogP contribution >= 0.6 is 0 Å². The normalized spacial score (nSPS) is 27.1. The van der Waals surface area contributed by atoms with Crippen molar-refractivity contribution in [3.05, 3.63) is 30.6 Å². The fourth-order valence-corrected chi connectivity index (χ4v) is 4.54. The van der Waals surface area contributed by atoms with E-state index in [0.29, 0.717) is 44.0 Å². The number of rotatable bonds is 3. The van der Waals surface area contributed by atoms with Crippen LogP contribution < -0.4 is 32.7 Å². The number of benzene rings is 1. The van der Waals surface area contributed by atoms with Gasteiger partial charge in [0.2, 0.25) is 17.8 Å². The van der Waals surface area contributed by atoms with E-state index < -0.39 is 0 Å². The minimum atomic E-state index is -0.0293. The summed E-state index contributed by atoms with van der Waals surface area (Å²) in [4.78, 5) is 22.9. The Morgan fingerprint density at radius 2 is 1.16 bits per heavy atom. The average molecular weight is 424 g/mol. The van der Waals surface area contributed by atoms with Gasteiger partial charge in [-0.15, -0.1) is 0 Å². The van der Waals surface area contributed by atoms with Crippen molar-refractivity contribution in [2.24, 2.45) is 22.9 Å². The van der Waals surface area contributed by atoms with E-state index in [9.17, 15) is 0 Å². The summed E-state index contributed by atoms with van der Waals surface area (Å²) in [6, 6.07) is 7.75. The first kappa shape index (κ1) is 20.1. The molecular weight excluding hydrogens is 394 g/mol. The van der Waals surface area contributed by atoms with Gasteiger partial charge in [-0.1, -0.05) is 12.1 Å². The lowest BCUT2D eigenvalue weighted by Crippen LogP contribution is -2.54. The van der Waals surface area contributed by atoms with Crippen LogP contribution in [0, 0.1) is 0 Å². The molecule has 2 fully saturated rings. The molecule has 0 bridgehead atoms. The van der Waals surface area contributed by atoms with E-state index in [2.05, 4.69) is 4.98 Å². The zero-order valence-electron chi connectivity index (χ0n) is 17.4. The van der Waals surface area contributed by atoms with Crippen LogP contribution in [0.4, 0.5) is 11.9 Å². The highest BCUT2D eigenvalue weighted by Gasteiger charge is 2.29. The van der Waals surface area contributed by atoms with Crippen molar-refractivity contribution in [1.29, 1.82) is 0 Å². The molecule has 31 heavy (non-hydrogen) atoms. The monoisotopic (exact) mass is 423 g/mol. The van der Waals surface area contributed by atoms with Crippen molar-refractivity contribution in [2.45, 2.75) is 37.0 Å². The molecule has 0 saturated carbocycles. The largest absolute Gasteiger partial charge is 0.338 e. The van der Waals surface area contributed by atoms with Crippen LogP contribution in [-0.2, 0) is 0 Å². The molecule has 0 amide bonds. The Morgan fingerprint density at radius 3 is 1.71 bits per heavy atom. The fourth-order valence-electron chi connectivity index (χ4n) is 4.54. The highest BCUT2D eigenvalue weighted by molar-refractivity contribution is 5.76. The van der Waals surface area contributed by atoms with E-state index in [0.717, 1.165) is 23.9 Å². The molecular formula is C20H29N11. The first-order chi connectivity index (χ1) is 15.0. The predicted molar refractivity (Wildman–Crippen MR) is 120 cm³/mol. The van der Waals surface area contributed by atoms with Gasteiger partial charge in [0.05, 0.1) is 11.0 Å². The number of hydrogen-bond acceptors (Lipinski definition) is 10. The van der Waals surface area contributed by atoms with Gasteiger partial charge in [-0.05, 0) is 25.0 Å². The van der Waals surface area contributed by atoms with Crippen LogP contribution in [0.1, 0.15) is 12.8 Å². The molecule has 5 rings (SSSR count). The van der Waals surface area contributed by atoms with Crippen LogP contribution in [0.5, 0.6) is 0 Å². The summed E-state index contributed by atoms with van der Waals surface area (Å²) in [6.07, 6.45) is 3.29. The molecule has 2 saturated heterocycles. The zero-order chi connectivity index (χ0) is 21.5. The Hall–Kier alpha value is -2.86. The van der Waals surface area contributed by atoms with E-state index in [-0.39, 0.29) is 24.2 Å². The van der Waals surface area contributed by atoms with Crippen LogP contribution in [0.2, 0.25) is 0 Å². The third kappa shape index (κ3) is 4.04. The maximum atomic E-state index is 6.23. The minimum absolute atomic E-state index is 0.0293. The summed E-state index contributed by atoms with van der Waals surface area (Å²) in [5.74, 6) is 1.60. The second-order valence-corrected chi connectivity index (χ2v) is 8.66. The second-order valence-electron chi connectivity index (χ2n) is 8.66. The molecule has 4 heterocycles. The summed E-state index contributed by atoms with van der Waals surface area (Å²) in [5.41, 5.74) is 26.7. The van der Waals surface area contributed by atoms with Gasteiger partial charge in [0.1, 0.15) is 6.33 Å². The highest BCUT2D eigenvalue weighted by atomic mass is 15.4. The summed E-state index contributed by atoms with van der Waals surface area (Å²) >= 11 is 0. The SMILES string of the molecule is N[C@@H]1C[C@H](N)CN(c2nc(N3C[C@H](N)C[C@H](N)C3)nc(-n3cnc4ccccc43)n2)C1. The topological polar surface area (TPSA) is 167 Å². The lowest BCUT2D eigenvalue weighted by atomic mass is 10.0. The van der Waals surface area contributed by atoms with Crippen LogP contribution in [-0.4, -0.2) is 74.8 Å². The van der Waals surface area contributed by atoms with Crippen molar-refractivity contribution in [2.75, 3.05) is 36.0 Å². The lowest BCUT2D eigenvalue weighted by Gasteiger charge is -2.37. The Bertz CT molecular complexity index is 1000. The van der Waals surface area contributed by atoms with Crippen LogP contribution in [0.15, 0.2) is 30.6 Å². The summed E-state index contributed by atoms with van der Waals surface area (Å²) in [7, 11) is 0. The molecule has 1 aromatic carbocycles. The molecule has 2 aliphatic heterocycles. The number of nitrogens with two attached hydrogens (primary N) is 4. The van der Waals surface area contributed by atoms with Gasteiger partial charge in [0, 0.05) is 50.3 Å². The molecule has 11 nitrogen and oxygen atoms in total. The smallest absolute Gasteiger partial charge is 0.242 e. The Labute approximate surface area is 180 Å². The Morgan fingerprint density at radius 1 is 0.677 bits per heavy atom. The highest BCUT2D eigenvalue weighted by Crippen LogP contribution is 2.23. The first-order valence-electron chi connectivity index (χ1n) is 10.7. The number of fused-ring (bicyclic) bond motifs is 1. The van der Waals surface area contributed by atoms with Gasteiger partial charge in [-0.3, -0.25) is 4.57 Å². The molecule has 8 N–H and O–H groups in total. The van der Waals surface area contributed by atoms with Crippen LogP contribution in [0.3, 0.4) is 0 Å². The molecule has 3 aromatic rings. The quantitative estimate of drug-likeness (QED) is 0.407. The second kappa shape index (κ2) is 8.00. The number of hydrogen-bond donors (Lipinski definition) is 4. The first-order valence-corrected chi connectivity index (χ1v) is 10.7. The molecule has 11 heteroatoms. The molecule has 164 valence electrons. The maximum absolute atomic E-state index is 6.23. The van der Waals surface area contributed by atoms with Crippen molar-refractivity contribution < 1.29 is 0 Å². The molecule has 2 aromatic heterocycles. The summed E-state index contributed by atoms with van der Waals surface area (Å²) in [5, 5.41) is 0. The van der Waals surface area contributed by atoms with E-state index in [1.807, 2.05) is 38.6 Å². The maximum Gasteiger partial charge on any atom is 0.242 e. The number of aromatic nitrogens is 5. The molecule has 0 unspecified atom stereocenters. The van der Waals surface area contributed by atoms with Gasteiger partial charge in [0.25, 0.3) is 0 Å².